The average Bonchev–Trinajstić information content (AvgIpc) is 1.94. The molecule has 1 fully saturated rings. The normalized spacial score (nSPS) is 22.8. The van der Waals surface area contributed by atoms with Gasteiger partial charge in [-0.1, -0.05) is 12.2 Å². The second-order valence-corrected chi connectivity index (χ2v) is 2.58. The first kappa shape index (κ1) is 6.17. The van der Waals surface area contributed by atoms with E-state index in [1.807, 2.05) is 0 Å². The highest BCUT2D eigenvalue weighted by atomic mass is 32.1. The predicted octanol–water partition coefficient (Wildman–Crippen LogP) is 1.56. The van der Waals surface area contributed by atoms with Crippen LogP contribution in [-0.2, 0) is 4.74 Å². The van der Waals surface area contributed by atoms with Crippen LogP contribution in [0.2, 0.25) is 0 Å². The minimum absolute atomic E-state index is 0.846. The molecule has 8 heavy (non-hydrogen) atoms. The molecule has 0 spiro atoms. The molecule has 1 aliphatic rings. The van der Waals surface area contributed by atoms with E-state index in [9.17, 15) is 0 Å². The Bertz CT molecular complexity index is 80.5. The summed E-state index contributed by atoms with van der Waals surface area (Å²) in [6, 6.07) is 0. The third-order valence-corrected chi connectivity index (χ3v) is 1.68. The Kier molecular flexibility index (Phi) is 2.43. The molecule has 0 atom stereocenters. The van der Waals surface area contributed by atoms with Crippen LogP contribution in [0.1, 0.15) is 19.3 Å². The highest BCUT2D eigenvalue weighted by Gasteiger charge is 2.01. The molecule has 2 heteroatoms. The fraction of sp³-hybridized carbons (Fsp3) is 0.833. The molecule has 1 rings (SSSR count). The van der Waals surface area contributed by atoms with E-state index in [0.29, 0.717) is 0 Å². The lowest BCUT2D eigenvalue weighted by Gasteiger charge is -1.91. The molecule has 0 aromatic carbocycles. The first-order chi connectivity index (χ1) is 3.89. The van der Waals surface area contributed by atoms with Crippen molar-refractivity contribution in [2.75, 3.05) is 13.2 Å². The minimum atomic E-state index is 0.846. The first-order valence-electron chi connectivity index (χ1n) is 2.99. The van der Waals surface area contributed by atoms with Gasteiger partial charge in [-0.3, -0.25) is 0 Å². The van der Waals surface area contributed by atoms with E-state index < -0.39 is 0 Å². The Balaban J connectivity index is 2.27. The number of hydrogen-bond donors (Lipinski definition) is 0. The number of hydrogen-bond acceptors (Lipinski definition) is 2. The van der Waals surface area contributed by atoms with Gasteiger partial charge in [0.2, 0.25) is 0 Å². The minimum Gasteiger partial charge on any atom is -0.381 e. The van der Waals surface area contributed by atoms with Crippen molar-refractivity contribution in [1.82, 2.24) is 0 Å². The van der Waals surface area contributed by atoms with Gasteiger partial charge in [0.05, 0.1) is 6.61 Å². The van der Waals surface area contributed by atoms with Gasteiger partial charge >= 0.3 is 0 Å². The zero-order valence-electron chi connectivity index (χ0n) is 4.85. The summed E-state index contributed by atoms with van der Waals surface area (Å²) in [5.41, 5.74) is 0. The van der Waals surface area contributed by atoms with Crippen LogP contribution in [0.25, 0.3) is 0 Å². The van der Waals surface area contributed by atoms with Gasteiger partial charge in [-0.05, 0) is 17.7 Å². The summed E-state index contributed by atoms with van der Waals surface area (Å²) in [5.74, 6) is 0. The van der Waals surface area contributed by atoms with Crippen molar-refractivity contribution in [3.63, 3.8) is 0 Å². The molecular weight excluding hydrogens is 120 g/mol. The van der Waals surface area contributed by atoms with Crippen molar-refractivity contribution in [3.8, 4) is 0 Å². The monoisotopic (exact) mass is 130 g/mol. The molecule has 0 aliphatic carbocycles. The molecule has 46 valence electrons. The summed E-state index contributed by atoms with van der Waals surface area (Å²) in [6.45, 7) is 1.75. The third kappa shape index (κ3) is 1.88. The number of rotatable bonds is 0. The second-order valence-electron chi connectivity index (χ2n) is 2.00. The largest absolute Gasteiger partial charge is 0.381 e. The molecule has 0 saturated carbocycles. The van der Waals surface area contributed by atoms with Crippen LogP contribution < -0.4 is 0 Å². The van der Waals surface area contributed by atoms with Gasteiger partial charge in [0, 0.05) is 13.0 Å². The molecule has 0 amide bonds. The van der Waals surface area contributed by atoms with Gasteiger partial charge in [0.1, 0.15) is 0 Å². The Hall–Kier alpha value is 0.0500. The molecule has 0 aromatic heterocycles. The Morgan fingerprint density at radius 2 is 2.12 bits per heavy atom. The highest BCUT2D eigenvalue weighted by molar-refractivity contribution is 7.80. The van der Waals surface area contributed by atoms with Gasteiger partial charge in [0.25, 0.3) is 0 Å². The molecule has 1 saturated heterocycles. The lowest BCUT2D eigenvalue weighted by molar-refractivity contribution is 0.147. The Labute approximate surface area is 55.0 Å². The van der Waals surface area contributed by atoms with Crippen LogP contribution in [0, 0.1) is 0 Å². The maximum atomic E-state index is 5.18. The summed E-state index contributed by atoms with van der Waals surface area (Å²) in [5, 5.41) is 0. The van der Waals surface area contributed by atoms with Gasteiger partial charge < -0.3 is 4.74 Å². The van der Waals surface area contributed by atoms with E-state index in [0.717, 1.165) is 32.5 Å². The standard InChI is InChI=1S/C6H10OS/c8-6-2-1-4-7-5-3-6/h1-5H2. The lowest BCUT2D eigenvalue weighted by atomic mass is 10.2. The van der Waals surface area contributed by atoms with Gasteiger partial charge in [-0.25, -0.2) is 0 Å². The zero-order chi connectivity index (χ0) is 5.82. The van der Waals surface area contributed by atoms with Crippen LogP contribution in [0.5, 0.6) is 0 Å². The average molecular weight is 130 g/mol. The number of thiocarbonyl (C=S) groups is 1. The fourth-order valence-corrected chi connectivity index (χ4v) is 1.01. The fourth-order valence-electron chi connectivity index (χ4n) is 0.784. The van der Waals surface area contributed by atoms with Crippen molar-refractivity contribution in [1.29, 1.82) is 0 Å². The van der Waals surface area contributed by atoms with E-state index in [-0.39, 0.29) is 0 Å². The van der Waals surface area contributed by atoms with E-state index in [2.05, 4.69) is 0 Å². The van der Waals surface area contributed by atoms with Crippen molar-refractivity contribution < 1.29 is 4.74 Å². The molecule has 0 aromatic rings. The van der Waals surface area contributed by atoms with Crippen LogP contribution in [0.15, 0.2) is 0 Å². The summed E-state index contributed by atoms with van der Waals surface area (Å²) < 4.78 is 5.18. The third-order valence-electron chi connectivity index (χ3n) is 1.27. The first-order valence-corrected chi connectivity index (χ1v) is 3.40. The molecule has 0 bridgehead atoms. The second kappa shape index (κ2) is 3.15. The van der Waals surface area contributed by atoms with Crippen molar-refractivity contribution >= 4 is 17.1 Å². The van der Waals surface area contributed by atoms with E-state index in [1.54, 1.807) is 0 Å². The SMILES string of the molecule is S=C1CCCOCC1. The van der Waals surface area contributed by atoms with Crippen LogP contribution in [-0.4, -0.2) is 18.1 Å². The van der Waals surface area contributed by atoms with Gasteiger partial charge in [-0.15, -0.1) is 0 Å². The topological polar surface area (TPSA) is 9.23 Å². The van der Waals surface area contributed by atoms with E-state index >= 15 is 0 Å². The molecular formula is C6H10OS. The Morgan fingerprint density at radius 1 is 1.25 bits per heavy atom. The van der Waals surface area contributed by atoms with Gasteiger partial charge in [0.15, 0.2) is 0 Å². The van der Waals surface area contributed by atoms with E-state index in [4.69, 9.17) is 17.0 Å². The predicted molar refractivity (Wildman–Crippen MR) is 37.3 cm³/mol. The Morgan fingerprint density at radius 3 is 3.00 bits per heavy atom. The molecule has 0 N–H and O–H groups in total. The summed E-state index contributed by atoms with van der Waals surface area (Å²) in [4.78, 5) is 1.18. The summed E-state index contributed by atoms with van der Waals surface area (Å²) in [7, 11) is 0. The molecule has 1 heterocycles. The maximum absolute atomic E-state index is 5.18. The van der Waals surface area contributed by atoms with Crippen LogP contribution in [0.3, 0.4) is 0 Å². The molecule has 1 aliphatic heterocycles. The molecule has 1 nitrogen and oxygen atoms in total. The smallest absolute Gasteiger partial charge is 0.0511 e. The van der Waals surface area contributed by atoms with Crippen LogP contribution >= 0.6 is 12.2 Å². The van der Waals surface area contributed by atoms with Gasteiger partial charge in [-0.2, -0.15) is 0 Å². The zero-order valence-corrected chi connectivity index (χ0v) is 5.67. The number of ether oxygens (including phenoxy) is 1. The van der Waals surface area contributed by atoms with Crippen LogP contribution in [0.4, 0.5) is 0 Å². The van der Waals surface area contributed by atoms with Crippen molar-refractivity contribution in [2.24, 2.45) is 0 Å². The lowest BCUT2D eigenvalue weighted by Crippen LogP contribution is -1.93. The van der Waals surface area contributed by atoms with Crippen molar-refractivity contribution in [3.05, 3.63) is 0 Å². The summed E-state index contributed by atoms with van der Waals surface area (Å²) >= 11 is 5.01. The molecule has 0 radical (unpaired) electrons. The quantitative estimate of drug-likeness (QED) is 0.460. The molecule has 0 unspecified atom stereocenters. The maximum Gasteiger partial charge on any atom is 0.0511 e. The van der Waals surface area contributed by atoms with E-state index in [1.165, 1.54) is 4.86 Å². The van der Waals surface area contributed by atoms with Crippen molar-refractivity contribution in [2.45, 2.75) is 19.3 Å². The highest BCUT2D eigenvalue weighted by Crippen LogP contribution is 2.03. The summed E-state index contributed by atoms with van der Waals surface area (Å²) in [6.07, 6.45) is 3.21.